The maximum absolute atomic E-state index is 12.4. The van der Waals surface area contributed by atoms with Crippen molar-refractivity contribution in [3.05, 3.63) is 78.4 Å². The fraction of sp³-hybridized carbons (Fsp3) is 0.200. The quantitative estimate of drug-likeness (QED) is 0.412. The molecule has 152 valence electrons. The minimum absolute atomic E-state index is 0.0550. The van der Waals surface area contributed by atoms with Gasteiger partial charge in [-0.15, -0.1) is 0 Å². The smallest absolute Gasteiger partial charge is 0.262 e. The average molecular weight is 400 g/mol. The Hall–Kier alpha value is -3.60. The summed E-state index contributed by atoms with van der Waals surface area (Å²) < 4.78 is 11.6. The van der Waals surface area contributed by atoms with Gasteiger partial charge < -0.3 is 14.5 Å². The number of amides is 1. The minimum atomic E-state index is -0.219. The number of carbonyl (C=O) groups is 1. The van der Waals surface area contributed by atoms with Crippen LogP contribution in [0.25, 0.3) is 22.6 Å². The number of benzene rings is 3. The van der Waals surface area contributed by atoms with E-state index in [4.69, 9.17) is 9.15 Å². The molecule has 5 heteroatoms. The Bertz CT molecular complexity index is 1130. The average Bonchev–Trinajstić information content (AvgIpc) is 3.22. The second-order valence-corrected chi connectivity index (χ2v) is 7.25. The van der Waals surface area contributed by atoms with E-state index < -0.39 is 0 Å². The number of para-hydroxylation sites is 3. The molecule has 1 atom stereocenters. The van der Waals surface area contributed by atoms with Gasteiger partial charge in [-0.2, -0.15) is 0 Å². The molecule has 4 aromatic rings. The monoisotopic (exact) mass is 400 g/mol. The molecule has 0 saturated carbocycles. The summed E-state index contributed by atoms with van der Waals surface area (Å²) in [5.41, 5.74) is 4.11. The standard InChI is InChI=1S/C25H24N2O3/c1-3-17(2)20-11-4-6-13-22(20)29-16-24(28)26-19-10-8-9-18(15-19)25-27-21-12-5-7-14-23(21)30-25/h4-15,17H,3,16H2,1-2H3,(H,26,28)/t17-/m1/s1. The number of oxazole rings is 1. The number of hydrogen-bond acceptors (Lipinski definition) is 4. The summed E-state index contributed by atoms with van der Waals surface area (Å²) in [6, 6.07) is 22.9. The Balaban J connectivity index is 1.44. The molecule has 1 amide bonds. The van der Waals surface area contributed by atoms with Crippen molar-refractivity contribution in [3.8, 4) is 17.2 Å². The predicted octanol–water partition coefficient (Wildman–Crippen LogP) is 6.03. The van der Waals surface area contributed by atoms with Gasteiger partial charge in [-0.3, -0.25) is 4.79 Å². The number of nitrogens with zero attached hydrogens (tertiary/aromatic N) is 1. The summed E-state index contributed by atoms with van der Waals surface area (Å²) in [7, 11) is 0. The Morgan fingerprint density at radius 3 is 2.70 bits per heavy atom. The first-order valence-corrected chi connectivity index (χ1v) is 10.1. The van der Waals surface area contributed by atoms with Crippen LogP contribution in [0, 0.1) is 0 Å². The Morgan fingerprint density at radius 2 is 1.87 bits per heavy atom. The van der Waals surface area contributed by atoms with Gasteiger partial charge in [0.15, 0.2) is 12.2 Å². The van der Waals surface area contributed by atoms with Crippen molar-refractivity contribution in [2.75, 3.05) is 11.9 Å². The van der Waals surface area contributed by atoms with Gasteiger partial charge in [0, 0.05) is 11.3 Å². The van der Waals surface area contributed by atoms with Gasteiger partial charge in [-0.25, -0.2) is 4.98 Å². The van der Waals surface area contributed by atoms with Crippen molar-refractivity contribution >= 4 is 22.7 Å². The van der Waals surface area contributed by atoms with Gasteiger partial charge in [-0.05, 0) is 54.3 Å². The first kappa shape index (κ1) is 19.7. The largest absolute Gasteiger partial charge is 0.483 e. The highest BCUT2D eigenvalue weighted by Gasteiger charge is 2.12. The molecule has 1 heterocycles. The molecule has 0 bridgehead atoms. The third kappa shape index (κ3) is 4.35. The lowest BCUT2D eigenvalue weighted by atomic mass is 9.98. The zero-order valence-corrected chi connectivity index (χ0v) is 17.1. The van der Waals surface area contributed by atoms with E-state index in [2.05, 4.69) is 24.1 Å². The number of ether oxygens (including phenoxy) is 1. The fourth-order valence-electron chi connectivity index (χ4n) is 3.31. The van der Waals surface area contributed by atoms with Gasteiger partial charge in [0.2, 0.25) is 5.89 Å². The second-order valence-electron chi connectivity index (χ2n) is 7.25. The Morgan fingerprint density at radius 1 is 1.07 bits per heavy atom. The van der Waals surface area contributed by atoms with Gasteiger partial charge in [0.1, 0.15) is 11.3 Å². The molecule has 1 N–H and O–H groups in total. The summed E-state index contributed by atoms with van der Waals surface area (Å²) in [6.45, 7) is 4.23. The number of anilines is 1. The van der Waals surface area contributed by atoms with Crippen LogP contribution < -0.4 is 10.1 Å². The van der Waals surface area contributed by atoms with E-state index >= 15 is 0 Å². The van der Waals surface area contributed by atoms with Gasteiger partial charge in [0.25, 0.3) is 5.91 Å². The van der Waals surface area contributed by atoms with Crippen molar-refractivity contribution in [1.29, 1.82) is 0 Å². The molecule has 0 aliphatic heterocycles. The molecule has 1 aromatic heterocycles. The van der Waals surface area contributed by atoms with Gasteiger partial charge >= 0.3 is 0 Å². The number of carbonyl (C=O) groups excluding carboxylic acids is 1. The summed E-state index contributed by atoms with van der Waals surface area (Å²) in [5.74, 6) is 1.43. The highest BCUT2D eigenvalue weighted by Crippen LogP contribution is 2.29. The lowest BCUT2D eigenvalue weighted by molar-refractivity contribution is -0.118. The lowest BCUT2D eigenvalue weighted by Crippen LogP contribution is -2.20. The van der Waals surface area contributed by atoms with Crippen molar-refractivity contribution in [2.45, 2.75) is 26.2 Å². The molecule has 0 fully saturated rings. The molecule has 0 aliphatic carbocycles. The highest BCUT2D eigenvalue weighted by atomic mass is 16.5. The molecule has 3 aromatic carbocycles. The summed E-state index contributed by atoms with van der Waals surface area (Å²) in [4.78, 5) is 17.0. The third-order valence-electron chi connectivity index (χ3n) is 5.11. The van der Waals surface area contributed by atoms with Crippen LogP contribution >= 0.6 is 0 Å². The zero-order valence-electron chi connectivity index (χ0n) is 17.1. The van der Waals surface area contributed by atoms with Crippen LogP contribution in [-0.2, 0) is 4.79 Å². The van der Waals surface area contributed by atoms with E-state index in [-0.39, 0.29) is 12.5 Å². The second kappa shape index (κ2) is 8.82. The molecular weight excluding hydrogens is 376 g/mol. The number of aromatic nitrogens is 1. The Labute approximate surface area is 175 Å². The first-order chi connectivity index (χ1) is 14.6. The van der Waals surface area contributed by atoms with Crippen LogP contribution in [0.5, 0.6) is 5.75 Å². The van der Waals surface area contributed by atoms with E-state index in [0.717, 1.165) is 34.4 Å². The van der Waals surface area contributed by atoms with Crippen LogP contribution in [0.3, 0.4) is 0 Å². The molecule has 0 spiro atoms. The van der Waals surface area contributed by atoms with Gasteiger partial charge in [0.05, 0.1) is 0 Å². The lowest BCUT2D eigenvalue weighted by Gasteiger charge is -2.15. The maximum atomic E-state index is 12.4. The topological polar surface area (TPSA) is 64.4 Å². The Kier molecular flexibility index (Phi) is 5.80. The third-order valence-corrected chi connectivity index (χ3v) is 5.11. The summed E-state index contributed by atoms with van der Waals surface area (Å²) >= 11 is 0. The van der Waals surface area contributed by atoms with Crippen LogP contribution in [-0.4, -0.2) is 17.5 Å². The molecule has 4 rings (SSSR count). The molecule has 5 nitrogen and oxygen atoms in total. The number of fused-ring (bicyclic) bond motifs is 1. The zero-order chi connectivity index (χ0) is 20.9. The predicted molar refractivity (Wildman–Crippen MR) is 119 cm³/mol. The number of hydrogen-bond donors (Lipinski definition) is 1. The SMILES string of the molecule is CC[C@@H](C)c1ccccc1OCC(=O)Nc1cccc(-c2nc3ccccc3o2)c1. The van der Waals surface area contributed by atoms with Crippen molar-refractivity contribution in [3.63, 3.8) is 0 Å². The molecule has 0 saturated heterocycles. The van der Waals surface area contributed by atoms with Crippen LogP contribution in [0.15, 0.2) is 77.2 Å². The molecule has 30 heavy (non-hydrogen) atoms. The van der Waals surface area contributed by atoms with E-state index in [1.165, 1.54) is 0 Å². The fourth-order valence-corrected chi connectivity index (χ4v) is 3.31. The van der Waals surface area contributed by atoms with Crippen molar-refractivity contribution in [1.82, 2.24) is 4.98 Å². The van der Waals surface area contributed by atoms with Crippen molar-refractivity contribution in [2.24, 2.45) is 0 Å². The van der Waals surface area contributed by atoms with Gasteiger partial charge in [-0.1, -0.05) is 50.2 Å². The summed E-state index contributed by atoms with van der Waals surface area (Å²) in [6.07, 6.45) is 1.01. The number of rotatable bonds is 7. The number of nitrogens with one attached hydrogen (secondary N) is 1. The molecule has 0 unspecified atom stereocenters. The molecule has 0 radical (unpaired) electrons. The normalized spacial score (nSPS) is 11.9. The van der Waals surface area contributed by atoms with E-state index in [1.54, 1.807) is 0 Å². The highest BCUT2D eigenvalue weighted by molar-refractivity contribution is 5.92. The van der Waals surface area contributed by atoms with E-state index in [0.29, 0.717) is 17.5 Å². The minimum Gasteiger partial charge on any atom is -0.483 e. The van der Waals surface area contributed by atoms with Crippen molar-refractivity contribution < 1.29 is 13.9 Å². The first-order valence-electron chi connectivity index (χ1n) is 10.1. The van der Waals surface area contributed by atoms with E-state index in [9.17, 15) is 4.79 Å². The summed E-state index contributed by atoms with van der Waals surface area (Å²) in [5, 5.41) is 2.89. The van der Waals surface area contributed by atoms with Crippen LogP contribution in [0.2, 0.25) is 0 Å². The van der Waals surface area contributed by atoms with Crippen LogP contribution in [0.4, 0.5) is 5.69 Å². The van der Waals surface area contributed by atoms with E-state index in [1.807, 2.05) is 72.8 Å². The molecule has 0 aliphatic rings. The maximum Gasteiger partial charge on any atom is 0.262 e. The molecular formula is C25H24N2O3. The van der Waals surface area contributed by atoms with Crippen LogP contribution in [0.1, 0.15) is 31.7 Å².